The Morgan fingerprint density at radius 3 is 2.83 bits per heavy atom. The van der Waals surface area contributed by atoms with Crippen molar-refractivity contribution in [2.45, 2.75) is 37.6 Å². The van der Waals surface area contributed by atoms with Crippen molar-refractivity contribution in [3.05, 3.63) is 46.9 Å². The minimum atomic E-state index is -0.844. The minimum Gasteiger partial charge on any atom is -0.633 e. The highest BCUT2D eigenvalue weighted by Gasteiger charge is 2.65. The number of amides is 1. The first-order chi connectivity index (χ1) is 13.9. The van der Waals surface area contributed by atoms with Crippen LogP contribution in [0.15, 0.2) is 36.1 Å². The maximum absolute atomic E-state index is 13.9. The number of para-hydroxylation sites is 1. The van der Waals surface area contributed by atoms with Crippen molar-refractivity contribution >= 4 is 17.6 Å². The summed E-state index contributed by atoms with van der Waals surface area (Å²) in [6, 6.07) is 7.21. The normalized spacial score (nSPS) is 35.8. The molecule has 3 heterocycles. The molecule has 1 aromatic carbocycles. The van der Waals surface area contributed by atoms with Crippen molar-refractivity contribution in [1.29, 1.82) is 0 Å². The summed E-state index contributed by atoms with van der Waals surface area (Å²) < 4.78 is 9.79. The Morgan fingerprint density at radius 2 is 2.14 bits per heavy atom. The first kappa shape index (κ1) is 19.9. The molecule has 1 unspecified atom stereocenters. The zero-order chi connectivity index (χ0) is 20.8. The molecule has 29 heavy (non-hydrogen) atoms. The predicted molar refractivity (Wildman–Crippen MR) is 108 cm³/mol. The van der Waals surface area contributed by atoms with Crippen molar-refractivity contribution in [3.8, 4) is 0 Å². The lowest BCUT2D eigenvalue weighted by molar-refractivity contribution is -0.904. The zero-order valence-corrected chi connectivity index (χ0v) is 17.1. The SMILES string of the molecule is CC[C@H]1C[N+]2([O-])CC[C@@]3(C(=O)Nc4ccccc43)[C@@H]2C[C@@H]1/C(=C\OC)C(=O)OC. The lowest BCUT2D eigenvalue weighted by atomic mass is 9.67. The first-order valence-corrected chi connectivity index (χ1v) is 10.2. The van der Waals surface area contributed by atoms with E-state index in [1.807, 2.05) is 31.2 Å². The summed E-state index contributed by atoms with van der Waals surface area (Å²) in [5, 5.41) is 16.9. The second kappa shape index (κ2) is 7.15. The average Bonchev–Trinajstić information content (AvgIpc) is 3.19. The number of hydrogen-bond donors (Lipinski definition) is 1. The molecule has 3 aliphatic rings. The Morgan fingerprint density at radius 1 is 1.38 bits per heavy atom. The number of esters is 1. The highest BCUT2D eigenvalue weighted by Crippen LogP contribution is 2.56. The Bertz CT molecular complexity index is 869. The molecule has 0 aromatic heterocycles. The van der Waals surface area contributed by atoms with Crippen LogP contribution in [0.5, 0.6) is 0 Å². The lowest BCUT2D eigenvalue weighted by Crippen LogP contribution is -2.61. The smallest absolute Gasteiger partial charge is 0.337 e. The number of carbonyl (C=O) groups is 2. The number of benzene rings is 1. The molecule has 156 valence electrons. The number of nitrogens with one attached hydrogen (secondary N) is 1. The van der Waals surface area contributed by atoms with Crippen LogP contribution in [0.3, 0.4) is 0 Å². The number of methoxy groups -OCH3 is 2. The number of quaternary nitrogens is 1. The van der Waals surface area contributed by atoms with E-state index in [0.717, 1.165) is 17.7 Å². The molecular weight excluding hydrogens is 372 g/mol. The third-order valence-corrected chi connectivity index (χ3v) is 7.26. The molecule has 1 N–H and O–H groups in total. The van der Waals surface area contributed by atoms with E-state index in [9.17, 15) is 14.8 Å². The molecule has 1 spiro atoms. The summed E-state index contributed by atoms with van der Waals surface area (Å²) in [4.78, 5) is 25.7. The van der Waals surface area contributed by atoms with Gasteiger partial charge < -0.3 is 24.6 Å². The van der Waals surface area contributed by atoms with Gasteiger partial charge in [-0.2, -0.15) is 0 Å². The van der Waals surface area contributed by atoms with Gasteiger partial charge in [-0.15, -0.1) is 0 Å². The van der Waals surface area contributed by atoms with Crippen LogP contribution < -0.4 is 5.32 Å². The summed E-state index contributed by atoms with van der Waals surface area (Å²) in [5.74, 6) is -0.694. The fourth-order valence-electron chi connectivity index (χ4n) is 5.90. The van der Waals surface area contributed by atoms with Gasteiger partial charge in [-0.3, -0.25) is 4.79 Å². The quantitative estimate of drug-likeness (QED) is 0.276. The molecular formula is C22H28N2O5. The maximum Gasteiger partial charge on any atom is 0.337 e. The van der Waals surface area contributed by atoms with Gasteiger partial charge in [0.05, 0.1) is 39.1 Å². The van der Waals surface area contributed by atoms with Crippen LogP contribution in [0.1, 0.15) is 31.7 Å². The standard InChI is InChI=1S/C22H28N2O5/c1-4-14-12-24(27)10-9-22(17-7-5-6-8-18(17)23-21(22)26)19(24)11-15(14)16(13-28-2)20(25)29-3/h5-8,13-15,19H,4,9-12H2,1-3H3,(H,23,26)/b16-13+/t14-,15-,19-,22-,24?/m0/s1. The topological polar surface area (TPSA) is 87.7 Å². The highest BCUT2D eigenvalue weighted by atomic mass is 16.6. The lowest BCUT2D eigenvalue weighted by Gasteiger charge is -2.54. The van der Waals surface area contributed by atoms with Gasteiger partial charge in [-0.25, -0.2) is 4.79 Å². The minimum absolute atomic E-state index is 0.0270. The number of fused-ring (bicyclic) bond motifs is 4. The van der Waals surface area contributed by atoms with Crippen LogP contribution in [0.25, 0.3) is 0 Å². The number of ether oxygens (including phenoxy) is 2. The second-order valence-corrected chi connectivity index (χ2v) is 8.41. The number of hydroxylamine groups is 3. The van der Waals surface area contributed by atoms with E-state index in [2.05, 4.69) is 5.32 Å². The number of nitrogens with zero attached hydrogens (tertiary/aromatic N) is 1. The van der Waals surface area contributed by atoms with E-state index in [4.69, 9.17) is 9.47 Å². The van der Waals surface area contributed by atoms with Crippen LogP contribution in [0.2, 0.25) is 0 Å². The monoisotopic (exact) mass is 400 g/mol. The second-order valence-electron chi connectivity index (χ2n) is 8.41. The van der Waals surface area contributed by atoms with Gasteiger partial charge in [0.1, 0.15) is 11.5 Å². The Hall–Kier alpha value is -2.38. The van der Waals surface area contributed by atoms with Gasteiger partial charge in [-0.1, -0.05) is 25.1 Å². The van der Waals surface area contributed by atoms with E-state index < -0.39 is 17.4 Å². The van der Waals surface area contributed by atoms with Crippen molar-refractivity contribution in [3.63, 3.8) is 0 Å². The zero-order valence-electron chi connectivity index (χ0n) is 17.1. The maximum atomic E-state index is 13.9. The van der Waals surface area contributed by atoms with E-state index in [1.54, 1.807) is 0 Å². The van der Waals surface area contributed by atoms with Crippen molar-refractivity contribution in [1.82, 2.24) is 0 Å². The molecule has 0 aliphatic carbocycles. The Labute approximate surface area is 170 Å². The summed E-state index contributed by atoms with van der Waals surface area (Å²) in [6.07, 6.45) is 3.19. The molecule has 2 saturated heterocycles. The molecule has 2 fully saturated rings. The van der Waals surface area contributed by atoms with E-state index >= 15 is 0 Å². The fourth-order valence-corrected chi connectivity index (χ4v) is 5.90. The molecule has 3 aliphatic heterocycles. The fraction of sp³-hybridized carbons (Fsp3) is 0.545. The number of carbonyl (C=O) groups excluding carboxylic acids is 2. The van der Waals surface area contributed by atoms with Crippen molar-refractivity contribution in [2.75, 3.05) is 32.6 Å². The number of piperidine rings is 1. The molecule has 0 radical (unpaired) electrons. The van der Waals surface area contributed by atoms with Gasteiger partial charge in [-0.05, 0) is 18.1 Å². The van der Waals surface area contributed by atoms with Gasteiger partial charge in [0.2, 0.25) is 5.91 Å². The molecule has 1 aromatic rings. The summed E-state index contributed by atoms with van der Waals surface area (Å²) in [7, 11) is 2.85. The summed E-state index contributed by atoms with van der Waals surface area (Å²) in [6.45, 7) is 2.84. The molecule has 0 bridgehead atoms. The molecule has 7 nitrogen and oxygen atoms in total. The van der Waals surface area contributed by atoms with Gasteiger partial charge >= 0.3 is 5.97 Å². The Balaban J connectivity index is 1.79. The van der Waals surface area contributed by atoms with E-state index in [1.165, 1.54) is 20.5 Å². The Kier molecular flexibility index (Phi) is 4.91. The number of anilines is 1. The molecule has 4 rings (SSSR count). The van der Waals surface area contributed by atoms with Gasteiger partial charge in [0.25, 0.3) is 0 Å². The highest BCUT2D eigenvalue weighted by molar-refractivity contribution is 6.07. The summed E-state index contributed by atoms with van der Waals surface area (Å²) in [5.41, 5.74) is 1.31. The molecule has 1 amide bonds. The van der Waals surface area contributed by atoms with E-state index in [0.29, 0.717) is 31.5 Å². The van der Waals surface area contributed by atoms with Crippen LogP contribution >= 0.6 is 0 Å². The van der Waals surface area contributed by atoms with Crippen molar-refractivity contribution in [2.24, 2.45) is 11.8 Å². The van der Waals surface area contributed by atoms with Gasteiger partial charge in [0, 0.05) is 30.4 Å². The number of hydrogen-bond acceptors (Lipinski definition) is 5. The largest absolute Gasteiger partial charge is 0.633 e. The average molecular weight is 400 g/mol. The van der Waals surface area contributed by atoms with Gasteiger partial charge in [0.15, 0.2) is 0 Å². The molecule has 0 saturated carbocycles. The molecule has 7 heteroatoms. The first-order valence-electron chi connectivity index (χ1n) is 10.2. The van der Waals surface area contributed by atoms with Crippen LogP contribution in [0, 0.1) is 17.0 Å². The third kappa shape index (κ3) is 2.79. The number of rotatable bonds is 4. The van der Waals surface area contributed by atoms with Crippen LogP contribution in [-0.4, -0.2) is 49.9 Å². The molecule has 5 atom stereocenters. The van der Waals surface area contributed by atoms with E-state index in [-0.39, 0.29) is 22.4 Å². The van der Waals surface area contributed by atoms with Crippen molar-refractivity contribution < 1.29 is 23.7 Å². The third-order valence-electron chi connectivity index (χ3n) is 7.26. The predicted octanol–water partition coefficient (Wildman–Crippen LogP) is 2.71. The van der Waals surface area contributed by atoms with Crippen LogP contribution in [0.4, 0.5) is 5.69 Å². The van der Waals surface area contributed by atoms with Crippen LogP contribution in [-0.2, 0) is 24.5 Å². The summed E-state index contributed by atoms with van der Waals surface area (Å²) >= 11 is 0.